The maximum atomic E-state index is 13.2. The molecule has 0 aliphatic carbocycles. The summed E-state index contributed by atoms with van der Waals surface area (Å²) in [6.45, 7) is 0.603. The fourth-order valence-electron chi connectivity index (χ4n) is 1.96. The average molecular weight is 245 g/mol. The van der Waals surface area contributed by atoms with Crippen LogP contribution in [-0.2, 0) is 4.79 Å². The van der Waals surface area contributed by atoms with Gasteiger partial charge in [-0.1, -0.05) is 11.6 Å². The topological polar surface area (TPSA) is 62.2 Å². The van der Waals surface area contributed by atoms with Crippen molar-refractivity contribution in [2.24, 2.45) is 0 Å². The van der Waals surface area contributed by atoms with Gasteiger partial charge in [-0.25, -0.2) is 9.37 Å². The third kappa shape index (κ3) is 2.01. The molecule has 6 heteroatoms. The lowest BCUT2D eigenvalue weighted by molar-refractivity contribution is -0.139. The van der Waals surface area contributed by atoms with Gasteiger partial charge >= 0.3 is 5.97 Å². The van der Waals surface area contributed by atoms with Gasteiger partial charge in [0.2, 0.25) is 0 Å². The second-order valence-electron chi connectivity index (χ2n) is 3.71. The van der Waals surface area contributed by atoms with Crippen LogP contribution in [0.2, 0.25) is 5.15 Å². The monoisotopic (exact) mass is 244 g/mol. The number of carbonyl (C=O) groups is 1. The SMILES string of the molecule is O=C(O)[C@@H]1NCC[C@@H]1c1cnc(Cl)c(F)c1. The maximum Gasteiger partial charge on any atom is 0.321 e. The van der Waals surface area contributed by atoms with Gasteiger partial charge in [0, 0.05) is 12.1 Å². The van der Waals surface area contributed by atoms with Crippen molar-refractivity contribution in [2.75, 3.05) is 6.54 Å². The Morgan fingerprint density at radius 2 is 2.44 bits per heavy atom. The van der Waals surface area contributed by atoms with E-state index in [0.717, 1.165) is 0 Å². The molecule has 0 saturated carbocycles. The summed E-state index contributed by atoms with van der Waals surface area (Å²) in [5.74, 6) is -1.80. The number of rotatable bonds is 2. The summed E-state index contributed by atoms with van der Waals surface area (Å²) in [5, 5.41) is 11.6. The van der Waals surface area contributed by atoms with Gasteiger partial charge in [-0.15, -0.1) is 0 Å². The van der Waals surface area contributed by atoms with Crippen LogP contribution in [0.1, 0.15) is 17.9 Å². The fourth-order valence-corrected chi connectivity index (χ4v) is 2.06. The highest BCUT2D eigenvalue weighted by Gasteiger charge is 2.34. The van der Waals surface area contributed by atoms with Crippen molar-refractivity contribution in [3.05, 3.63) is 28.8 Å². The van der Waals surface area contributed by atoms with E-state index in [1.54, 1.807) is 0 Å². The highest BCUT2D eigenvalue weighted by atomic mass is 35.5. The van der Waals surface area contributed by atoms with Gasteiger partial charge < -0.3 is 10.4 Å². The van der Waals surface area contributed by atoms with Crippen LogP contribution in [0.4, 0.5) is 4.39 Å². The zero-order valence-electron chi connectivity index (χ0n) is 8.28. The van der Waals surface area contributed by atoms with Crippen LogP contribution in [0.3, 0.4) is 0 Å². The van der Waals surface area contributed by atoms with Crippen LogP contribution in [0.15, 0.2) is 12.3 Å². The lowest BCUT2D eigenvalue weighted by atomic mass is 9.93. The Labute approximate surface area is 96.4 Å². The first-order valence-electron chi connectivity index (χ1n) is 4.86. The molecule has 2 atom stereocenters. The molecule has 1 aliphatic rings. The van der Waals surface area contributed by atoms with Crippen LogP contribution in [0.5, 0.6) is 0 Å². The molecule has 4 nitrogen and oxygen atoms in total. The summed E-state index contributed by atoms with van der Waals surface area (Å²) in [4.78, 5) is 14.6. The number of aliphatic carboxylic acids is 1. The number of halogens is 2. The molecule has 1 aliphatic heterocycles. The molecule has 1 fully saturated rings. The molecular weight excluding hydrogens is 235 g/mol. The van der Waals surface area contributed by atoms with Crippen molar-refractivity contribution in [1.82, 2.24) is 10.3 Å². The fraction of sp³-hybridized carbons (Fsp3) is 0.400. The molecule has 0 unspecified atom stereocenters. The Kier molecular flexibility index (Phi) is 3.07. The van der Waals surface area contributed by atoms with E-state index in [4.69, 9.17) is 16.7 Å². The zero-order chi connectivity index (χ0) is 11.7. The summed E-state index contributed by atoms with van der Waals surface area (Å²) >= 11 is 5.47. The summed E-state index contributed by atoms with van der Waals surface area (Å²) < 4.78 is 13.2. The molecule has 1 saturated heterocycles. The first kappa shape index (κ1) is 11.3. The first-order valence-corrected chi connectivity index (χ1v) is 5.24. The normalized spacial score (nSPS) is 24.6. The molecule has 0 aromatic carbocycles. The summed E-state index contributed by atoms with van der Waals surface area (Å²) in [6.07, 6.45) is 2.08. The average Bonchev–Trinajstić information content (AvgIpc) is 2.71. The molecule has 0 amide bonds. The Morgan fingerprint density at radius 3 is 3.06 bits per heavy atom. The van der Waals surface area contributed by atoms with Crippen LogP contribution < -0.4 is 5.32 Å². The summed E-state index contributed by atoms with van der Waals surface area (Å²) in [5.41, 5.74) is 0.569. The molecule has 86 valence electrons. The largest absolute Gasteiger partial charge is 0.480 e. The van der Waals surface area contributed by atoms with Gasteiger partial charge in [0.05, 0.1) is 0 Å². The molecule has 16 heavy (non-hydrogen) atoms. The van der Waals surface area contributed by atoms with E-state index in [0.29, 0.717) is 18.5 Å². The summed E-state index contributed by atoms with van der Waals surface area (Å²) in [6, 6.07) is 0.575. The minimum atomic E-state index is -0.933. The number of nitrogens with one attached hydrogen (secondary N) is 1. The standard InChI is InChI=1S/C10H10ClFN2O2/c11-9-7(12)3-5(4-14-9)6-1-2-13-8(6)10(15)16/h3-4,6,8,13H,1-2H2,(H,15,16)/t6-,8-/m1/s1. The van der Waals surface area contributed by atoms with Crippen molar-refractivity contribution >= 4 is 17.6 Å². The van der Waals surface area contributed by atoms with Gasteiger partial charge in [-0.05, 0) is 24.6 Å². The lowest BCUT2D eigenvalue weighted by Crippen LogP contribution is -2.34. The molecule has 1 aromatic heterocycles. The van der Waals surface area contributed by atoms with Crippen molar-refractivity contribution in [3.8, 4) is 0 Å². The number of nitrogens with zero attached hydrogens (tertiary/aromatic N) is 1. The molecular formula is C10H10ClFN2O2. The number of carboxylic acids is 1. The predicted octanol–water partition coefficient (Wildman–Crippen LogP) is 1.40. The molecule has 2 heterocycles. The molecule has 2 rings (SSSR count). The van der Waals surface area contributed by atoms with E-state index >= 15 is 0 Å². The molecule has 0 spiro atoms. The van der Waals surface area contributed by atoms with E-state index in [2.05, 4.69) is 10.3 Å². The van der Waals surface area contributed by atoms with Crippen molar-refractivity contribution < 1.29 is 14.3 Å². The second kappa shape index (κ2) is 4.35. The van der Waals surface area contributed by atoms with Gasteiger partial charge in [-0.2, -0.15) is 0 Å². The van der Waals surface area contributed by atoms with Crippen LogP contribution >= 0.6 is 11.6 Å². The first-order chi connectivity index (χ1) is 7.59. The van der Waals surface area contributed by atoms with E-state index < -0.39 is 17.8 Å². The molecule has 2 N–H and O–H groups in total. The highest BCUT2D eigenvalue weighted by molar-refractivity contribution is 6.29. The maximum absolute atomic E-state index is 13.2. The van der Waals surface area contributed by atoms with Crippen LogP contribution in [-0.4, -0.2) is 28.6 Å². The third-order valence-corrected chi connectivity index (χ3v) is 3.01. The molecule has 0 radical (unpaired) electrons. The Morgan fingerprint density at radius 1 is 1.69 bits per heavy atom. The quantitative estimate of drug-likeness (QED) is 0.772. The van der Waals surface area contributed by atoms with Crippen molar-refractivity contribution in [2.45, 2.75) is 18.4 Å². The van der Waals surface area contributed by atoms with Gasteiger partial charge in [0.1, 0.15) is 6.04 Å². The smallest absolute Gasteiger partial charge is 0.321 e. The minimum absolute atomic E-state index is 0.193. The Bertz CT molecular complexity index is 427. The van der Waals surface area contributed by atoms with E-state index in [1.807, 2.05) is 0 Å². The summed E-state index contributed by atoms with van der Waals surface area (Å²) in [7, 11) is 0. The van der Waals surface area contributed by atoms with E-state index in [-0.39, 0.29) is 11.1 Å². The Balaban J connectivity index is 2.29. The van der Waals surface area contributed by atoms with Gasteiger partial charge in [-0.3, -0.25) is 4.79 Å². The Hall–Kier alpha value is -1.20. The number of carboxylic acid groups (broad SMARTS) is 1. The lowest BCUT2D eigenvalue weighted by Gasteiger charge is -2.15. The number of pyridine rings is 1. The molecule has 0 bridgehead atoms. The molecule has 1 aromatic rings. The number of aromatic nitrogens is 1. The minimum Gasteiger partial charge on any atom is -0.480 e. The predicted molar refractivity (Wildman–Crippen MR) is 56.0 cm³/mol. The van der Waals surface area contributed by atoms with Gasteiger partial charge in [0.15, 0.2) is 11.0 Å². The van der Waals surface area contributed by atoms with E-state index in [1.165, 1.54) is 12.3 Å². The van der Waals surface area contributed by atoms with Gasteiger partial charge in [0.25, 0.3) is 0 Å². The third-order valence-electron chi connectivity index (χ3n) is 2.73. The zero-order valence-corrected chi connectivity index (χ0v) is 9.04. The van der Waals surface area contributed by atoms with Crippen LogP contribution in [0, 0.1) is 5.82 Å². The van der Waals surface area contributed by atoms with E-state index in [9.17, 15) is 9.18 Å². The number of hydrogen-bond acceptors (Lipinski definition) is 3. The van der Waals surface area contributed by atoms with Crippen molar-refractivity contribution in [3.63, 3.8) is 0 Å². The van der Waals surface area contributed by atoms with Crippen LogP contribution in [0.25, 0.3) is 0 Å². The highest BCUT2D eigenvalue weighted by Crippen LogP contribution is 2.28. The second-order valence-corrected chi connectivity index (χ2v) is 4.06. The van der Waals surface area contributed by atoms with Crippen molar-refractivity contribution in [1.29, 1.82) is 0 Å². The number of hydrogen-bond donors (Lipinski definition) is 2.